The summed E-state index contributed by atoms with van der Waals surface area (Å²) in [4.78, 5) is 23.9. The molecular weight excluding hydrogens is 616 g/mol. The molecule has 0 bridgehead atoms. The van der Waals surface area contributed by atoms with Gasteiger partial charge in [-0.15, -0.1) is 0 Å². The van der Waals surface area contributed by atoms with E-state index >= 15 is 0 Å². The molecule has 0 aromatic heterocycles. The van der Waals surface area contributed by atoms with Gasteiger partial charge >= 0.3 is 18.3 Å². The predicted octanol–water partition coefficient (Wildman–Crippen LogP) is 6.16. The molecule has 1 heterocycles. The van der Waals surface area contributed by atoms with Crippen LogP contribution in [0.25, 0.3) is 0 Å². The number of anilines is 1. The number of aliphatic carboxylic acids is 1. The topological polar surface area (TPSA) is 116 Å². The number of hydrogen-bond acceptors (Lipinski definition) is 5. The van der Waals surface area contributed by atoms with Crippen molar-refractivity contribution in [3.63, 3.8) is 0 Å². The van der Waals surface area contributed by atoms with Crippen LogP contribution in [-0.2, 0) is 21.0 Å². The lowest BCUT2D eigenvalue weighted by Crippen LogP contribution is -2.42. The fourth-order valence-electron chi connectivity index (χ4n) is 5.26. The van der Waals surface area contributed by atoms with Gasteiger partial charge in [0, 0.05) is 30.9 Å². The molecule has 1 aliphatic carbocycles. The van der Waals surface area contributed by atoms with Gasteiger partial charge in [0.2, 0.25) is 10.0 Å². The number of carbonyl (C=O) groups excluding carboxylic acids is 1. The number of benzene rings is 2. The summed E-state index contributed by atoms with van der Waals surface area (Å²) in [5.74, 6) is -2.27. The average Bonchev–Trinajstić information content (AvgIpc) is 2.97. The van der Waals surface area contributed by atoms with Crippen LogP contribution in [0.4, 0.5) is 32.0 Å². The molecule has 2 aliphatic rings. The number of rotatable bonds is 8. The average molecular weight is 652 g/mol. The molecule has 0 radical (unpaired) electrons. The minimum Gasteiger partial charge on any atom is -0.475 e. The quantitative estimate of drug-likeness (QED) is 0.295. The van der Waals surface area contributed by atoms with E-state index in [2.05, 4.69) is 14.9 Å². The summed E-state index contributed by atoms with van der Waals surface area (Å²) in [5.41, 5.74) is -0.399. The van der Waals surface area contributed by atoms with E-state index < -0.39 is 39.8 Å². The Hall–Kier alpha value is -3.17. The third-order valence-electron chi connectivity index (χ3n) is 7.55. The summed E-state index contributed by atoms with van der Waals surface area (Å²) in [7, 11) is -3.73. The molecule has 1 unspecified atom stereocenters. The fraction of sp³-hybridized carbons (Fsp3) is 0.517. The number of hydrogen-bond donors (Lipinski definition) is 3. The van der Waals surface area contributed by atoms with Crippen LogP contribution in [0.5, 0.6) is 0 Å². The Labute approximate surface area is 251 Å². The van der Waals surface area contributed by atoms with Crippen LogP contribution in [0.2, 0.25) is 0 Å². The van der Waals surface area contributed by atoms with Crippen LogP contribution in [0, 0.1) is 11.8 Å². The summed E-state index contributed by atoms with van der Waals surface area (Å²) in [6.07, 6.45) is -0.906. The number of amides is 1. The van der Waals surface area contributed by atoms with E-state index in [0.29, 0.717) is 6.54 Å². The van der Waals surface area contributed by atoms with Gasteiger partial charge in [-0.25, -0.2) is 17.9 Å². The summed E-state index contributed by atoms with van der Waals surface area (Å²) >= 11 is 0. The first kappa shape index (κ1) is 35.3. The Kier molecular flexibility index (Phi) is 12.2. The summed E-state index contributed by atoms with van der Waals surface area (Å²) < 4.78 is 98.3. The van der Waals surface area contributed by atoms with Crippen LogP contribution < -0.4 is 10.0 Å². The van der Waals surface area contributed by atoms with Crippen LogP contribution in [0.15, 0.2) is 53.4 Å². The van der Waals surface area contributed by atoms with Crippen molar-refractivity contribution in [3.05, 3.63) is 59.7 Å². The van der Waals surface area contributed by atoms with E-state index in [1.165, 1.54) is 68.5 Å². The maximum Gasteiger partial charge on any atom is 0.490 e. The van der Waals surface area contributed by atoms with Crippen molar-refractivity contribution in [2.75, 3.05) is 31.5 Å². The lowest BCUT2D eigenvalue weighted by Gasteiger charge is -2.36. The van der Waals surface area contributed by atoms with Crippen LogP contribution in [0.1, 0.15) is 60.9 Å². The number of alkyl halides is 6. The number of carboxylic acid groups (broad SMARTS) is 1. The van der Waals surface area contributed by atoms with Gasteiger partial charge in [-0.2, -0.15) is 26.3 Å². The van der Waals surface area contributed by atoms with Crippen LogP contribution in [-0.4, -0.2) is 62.7 Å². The zero-order valence-electron chi connectivity index (χ0n) is 23.8. The van der Waals surface area contributed by atoms with Crippen LogP contribution in [0.3, 0.4) is 0 Å². The van der Waals surface area contributed by atoms with Gasteiger partial charge in [-0.1, -0.05) is 19.3 Å². The molecular formula is C29H35F6N3O5S. The molecule has 44 heavy (non-hydrogen) atoms. The standard InChI is InChI=1S/C27H34F3N3O3S.C2HF3O2/c28-27(29,30)23-10-12-24(13-11-23)32-26(34)22-8-14-25(15-9-22)37(35,36)31-17-21-7-4-16-33(19-21)18-20-5-2-1-3-6-20;3-2(4,5)1(6)7/h8-15,20-21,31H,1-7,16-19H2,(H,32,34);(H,6,7). The number of piperidine rings is 1. The maximum atomic E-state index is 12.8. The molecule has 0 spiro atoms. The number of carboxylic acids is 1. The van der Waals surface area contributed by atoms with E-state index in [0.717, 1.165) is 50.5 Å². The Morgan fingerprint density at radius 1 is 0.841 bits per heavy atom. The van der Waals surface area contributed by atoms with Crippen molar-refractivity contribution in [1.82, 2.24) is 9.62 Å². The van der Waals surface area contributed by atoms with E-state index in [-0.39, 0.29) is 22.1 Å². The summed E-state index contributed by atoms with van der Waals surface area (Å²) in [6.45, 7) is 3.47. The molecule has 1 amide bonds. The lowest BCUT2D eigenvalue weighted by atomic mass is 9.88. The third kappa shape index (κ3) is 11.1. The van der Waals surface area contributed by atoms with Gasteiger partial charge in [0.1, 0.15) is 0 Å². The molecule has 15 heteroatoms. The highest BCUT2D eigenvalue weighted by Gasteiger charge is 2.38. The van der Waals surface area contributed by atoms with Gasteiger partial charge in [-0.3, -0.25) is 4.79 Å². The first-order valence-corrected chi connectivity index (χ1v) is 15.6. The van der Waals surface area contributed by atoms with Crippen molar-refractivity contribution < 1.29 is 49.5 Å². The number of nitrogens with zero attached hydrogens (tertiary/aromatic N) is 1. The highest BCUT2D eigenvalue weighted by molar-refractivity contribution is 7.89. The molecule has 4 rings (SSSR count). The second-order valence-electron chi connectivity index (χ2n) is 11.0. The van der Waals surface area contributed by atoms with Gasteiger partial charge in [-0.05, 0) is 92.6 Å². The Morgan fingerprint density at radius 3 is 1.95 bits per heavy atom. The van der Waals surface area contributed by atoms with Crippen LogP contribution >= 0.6 is 0 Å². The molecule has 3 N–H and O–H groups in total. The largest absolute Gasteiger partial charge is 0.490 e. The van der Waals surface area contributed by atoms with Gasteiger partial charge in [0.25, 0.3) is 5.91 Å². The highest BCUT2D eigenvalue weighted by Crippen LogP contribution is 2.30. The molecule has 1 saturated heterocycles. The van der Waals surface area contributed by atoms with Gasteiger partial charge < -0.3 is 15.3 Å². The SMILES string of the molecule is O=C(Nc1ccc(C(F)(F)F)cc1)c1ccc(S(=O)(=O)NCC2CCCN(CC3CCCCC3)C2)cc1.O=C(O)C(F)(F)F. The Morgan fingerprint density at radius 2 is 1.41 bits per heavy atom. The first-order valence-electron chi connectivity index (χ1n) is 14.2. The monoisotopic (exact) mass is 651 g/mol. The van der Waals surface area contributed by atoms with E-state index in [9.17, 15) is 39.6 Å². The molecule has 2 aromatic carbocycles. The minimum atomic E-state index is -5.08. The van der Waals surface area contributed by atoms with E-state index in [4.69, 9.17) is 9.90 Å². The smallest absolute Gasteiger partial charge is 0.475 e. The second-order valence-corrected chi connectivity index (χ2v) is 12.7. The lowest BCUT2D eigenvalue weighted by molar-refractivity contribution is -0.192. The van der Waals surface area contributed by atoms with Crippen molar-refractivity contribution in [2.45, 2.75) is 62.2 Å². The van der Waals surface area contributed by atoms with Gasteiger partial charge in [0.05, 0.1) is 10.5 Å². The maximum absolute atomic E-state index is 12.8. The number of nitrogens with one attached hydrogen (secondary N) is 2. The van der Waals surface area contributed by atoms with Crippen molar-refractivity contribution in [3.8, 4) is 0 Å². The summed E-state index contributed by atoms with van der Waals surface area (Å²) in [5, 5.41) is 9.65. The molecule has 244 valence electrons. The molecule has 2 fully saturated rings. The van der Waals surface area contributed by atoms with E-state index in [1.54, 1.807) is 0 Å². The normalized spacial score (nSPS) is 18.6. The molecule has 1 aliphatic heterocycles. The Bertz CT molecular complexity index is 1340. The zero-order valence-corrected chi connectivity index (χ0v) is 24.6. The number of halogens is 6. The Balaban J connectivity index is 0.000000676. The van der Waals surface area contributed by atoms with Crippen molar-refractivity contribution in [2.24, 2.45) is 11.8 Å². The van der Waals surface area contributed by atoms with Crippen molar-refractivity contribution in [1.29, 1.82) is 0 Å². The zero-order chi connectivity index (χ0) is 32.5. The first-order chi connectivity index (χ1) is 20.5. The number of sulfonamides is 1. The fourth-order valence-corrected chi connectivity index (χ4v) is 6.38. The predicted molar refractivity (Wildman–Crippen MR) is 150 cm³/mol. The van der Waals surface area contributed by atoms with Crippen molar-refractivity contribution >= 4 is 27.6 Å². The molecule has 1 saturated carbocycles. The molecule has 8 nitrogen and oxygen atoms in total. The number of carbonyl (C=O) groups is 2. The third-order valence-corrected chi connectivity index (χ3v) is 8.99. The second kappa shape index (κ2) is 15.2. The highest BCUT2D eigenvalue weighted by atomic mass is 32.2. The number of likely N-dealkylation sites (tertiary alicyclic amines) is 1. The van der Waals surface area contributed by atoms with Gasteiger partial charge in [0.15, 0.2) is 0 Å². The minimum absolute atomic E-state index is 0.0634. The molecule has 2 aromatic rings. The summed E-state index contributed by atoms with van der Waals surface area (Å²) in [6, 6.07) is 9.62. The van der Waals surface area contributed by atoms with E-state index in [1.807, 2.05) is 0 Å². The molecule has 1 atom stereocenters.